The van der Waals surface area contributed by atoms with Crippen molar-refractivity contribution in [2.45, 2.75) is 10.6 Å². The lowest BCUT2D eigenvalue weighted by Crippen LogP contribution is -2.31. The van der Waals surface area contributed by atoms with Crippen molar-refractivity contribution in [2.24, 2.45) is 7.05 Å². The van der Waals surface area contributed by atoms with Gasteiger partial charge in [-0.2, -0.15) is 5.10 Å². The molecule has 0 atom stereocenters. The van der Waals surface area contributed by atoms with E-state index in [4.69, 9.17) is 11.6 Å². The Bertz CT molecular complexity index is 736. The number of amides is 1. The van der Waals surface area contributed by atoms with Crippen LogP contribution < -0.4 is 4.72 Å². The molecule has 0 aliphatic heterocycles. The van der Waals surface area contributed by atoms with Gasteiger partial charge in [-0.1, -0.05) is 22.9 Å². The normalized spacial score (nSPS) is 11.6. The first-order valence-corrected chi connectivity index (χ1v) is 8.60. The number of nitrogens with one attached hydrogen (secondary N) is 1. The van der Waals surface area contributed by atoms with Gasteiger partial charge in [-0.05, 0) is 15.9 Å². The average molecular weight is 400 g/mol. The van der Waals surface area contributed by atoms with Gasteiger partial charge in [0.25, 0.3) is 10.0 Å². The fraction of sp³-hybridized carbons (Fsp3) is 0.222. The molecule has 2 heterocycles. The number of halogens is 2. The van der Waals surface area contributed by atoms with Gasteiger partial charge in [-0.15, -0.1) is 0 Å². The van der Waals surface area contributed by atoms with Crippen LogP contribution in [0.3, 0.4) is 0 Å². The molecule has 0 unspecified atom stereocenters. The zero-order valence-corrected chi connectivity index (χ0v) is 14.0. The molecule has 2 aromatic heterocycles. The molecule has 0 bridgehead atoms. The van der Waals surface area contributed by atoms with Crippen LogP contribution in [0.1, 0.15) is 5.69 Å². The van der Waals surface area contributed by atoms with E-state index < -0.39 is 15.9 Å². The maximum absolute atomic E-state index is 11.9. The van der Waals surface area contributed by atoms with Crippen LogP contribution in [-0.4, -0.2) is 29.1 Å². The molecule has 0 aromatic carbocycles. The Morgan fingerprint density at radius 3 is 2.75 bits per heavy atom. The molecule has 2 rings (SSSR count). The predicted molar refractivity (Wildman–Crippen MR) is 77.1 cm³/mol. The number of rotatable bonds is 4. The van der Waals surface area contributed by atoms with Crippen LogP contribution in [0.2, 0.25) is 4.47 Å². The molecule has 1 amide bonds. The van der Waals surface area contributed by atoms with Gasteiger partial charge >= 0.3 is 0 Å². The average Bonchev–Trinajstić information content (AvgIpc) is 2.90. The summed E-state index contributed by atoms with van der Waals surface area (Å²) in [6.45, 7) is 0. The molecule has 0 spiro atoms. The van der Waals surface area contributed by atoms with Crippen LogP contribution in [-0.2, 0) is 28.3 Å². The van der Waals surface area contributed by atoms with Crippen LogP contribution in [0.4, 0.5) is 0 Å². The number of hydrogen-bond acceptors (Lipinski definition) is 6. The van der Waals surface area contributed by atoms with Crippen molar-refractivity contribution in [1.29, 1.82) is 0 Å². The topological polar surface area (TPSA) is 94.0 Å². The molecular weight excluding hydrogens is 392 g/mol. The van der Waals surface area contributed by atoms with E-state index >= 15 is 0 Å². The molecular formula is C9H8BrClN4O3S2. The van der Waals surface area contributed by atoms with E-state index in [2.05, 4.69) is 26.0 Å². The Labute approximate surface area is 132 Å². The molecule has 1 N–H and O–H groups in total. The van der Waals surface area contributed by atoms with E-state index in [1.54, 1.807) is 7.05 Å². The molecule has 7 nitrogen and oxygen atoms in total. The quantitative estimate of drug-likeness (QED) is 0.837. The lowest BCUT2D eigenvalue weighted by Gasteiger charge is -2.05. The summed E-state index contributed by atoms with van der Waals surface area (Å²) in [6.07, 6.45) is 2.51. The molecule has 108 valence electrons. The molecule has 20 heavy (non-hydrogen) atoms. The van der Waals surface area contributed by atoms with Crippen molar-refractivity contribution in [3.8, 4) is 0 Å². The summed E-state index contributed by atoms with van der Waals surface area (Å²) in [5.74, 6) is -0.668. The van der Waals surface area contributed by atoms with Gasteiger partial charge < -0.3 is 0 Å². The first-order valence-electron chi connectivity index (χ1n) is 5.13. The highest BCUT2D eigenvalue weighted by Crippen LogP contribution is 2.22. The number of thiazole rings is 1. The monoisotopic (exact) mass is 398 g/mol. The number of hydrogen-bond donors (Lipinski definition) is 1. The van der Waals surface area contributed by atoms with Crippen LogP contribution in [0.5, 0.6) is 0 Å². The lowest BCUT2D eigenvalue weighted by molar-refractivity contribution is -0.118. The Kier molecular flexibility index (Phi) is 4.47. The van der Waals surface area contributed by atoms with E-state index in [0.29, 0.717) is 10.2 Å². The second-order valence-electron chi connectivity index (χ2n) is 3.70. The maximum Gasteiger partial charge on any atom is 0.275 e. The smallest absolute Gasteiger partial charge is 0.274 e. The largest absolute Gasteiger partial charge is 0.275 e. The third kappa shape index (κ3) is 3.37. The van der Waals surface area contributed by atoms with Gasteiger partial charge in [0.05, 0.1) is 29.0 Å². The summed E-state index contributed by atoms with van der Waals surface area (Å²) in [6, 6.07) is 0. The number of carbonyl (C=O) groups is 1. The van der Waals surface area contributed by atoms with E-state index in [9.17, 15) is 13.2 Å². The zero-order valence-electron chi connectivity index (χ0n) is 10.0. The van der Waals surface area contributed by atoms with E-state index in [1.165, 1.54) is 10.9 Å². The van der Waals surface area contributed by atoms with E-state index in [-0.39, 0.29) is 15.1 Å². The molecule has 0 saturated heterocycles. The van der Waals surface area contributed by atoms with Crippen LogP contribution in [0.25, 0.3) is 0 Å². The summed E-state index contributed by atoms with van der Waals surface area (Å²) >= 11 is 9.58. The zero-order chi connectivity index (χ0) is 14.9. The Hall–Kier alpha value is -0.970. The first kappa shape index (κ1) is 15.4. The second kappa shape index (κ2) is 5.80. The number of nitrogens with zero attached hydrogens (tertiary/aromatic N) is 3. The standard InChI is InChI=1S/C9H8BrClN4O3S2/c1-15-6(5(10)3-13-15)2-7(16)14-20(17,18)8-4-12-9(11)19-8/h3-4H,2H2,1H3,(H,14,16). The number of aromatic nitrogens is 3. The summed E-state index contributed by atoms with van der Waals surface area (Å²) in [7, 11) is -2.28. The maximum atomic E-state index is 11.9. The second-order valence-corrected chi connectivity index (χ2v) is 8.08. The van der Waals surface area contributed by atoms with Gasteiger partial charge in [0.2, 0.25) is 5.91 Å². The van der Waals surface area contributed by atoms with Crippen molar-refractivity contribution in [3.05, 3.63) is 27.0 Å². The Balaban J connectivity index is 2.12. The number of carbonyl (C=O) groups excluding carboxylic acids is 1. The van der Waals surface area contributed by atoms with Gasteiger partial charge in [0.15, 0.2) is 8.68 Å². The summed E-state index contributed by atoms with van der Waals surface area (Å²) < 4.78 is 27.9. The molecule has 0 radical (unpaired) electrons. The van der Waals surface area contributed by atoms with Crippen LogP contribution >= 0.6 is 38.9 Å². The number of aryl methyl sites for hydroxylation is 1. The minimum absolute atomic E-state index is 0.0900. The summed E-state index contributed by atoms with van der Waals surface area (Å²) in [4.78, 5) is 15.4. The first-order chi connectivity index (χ1) is 9.29. The third-order valence-corrected chi connectivity index (χ3v) is 5.92. The van der Waals surface area contributed by atoms with Gasteiger partial charge in [0.1, 0.15) is 0 Å². The Morgan fingerprint density at radius 1 is 1.55 bits per heavy atom. The Morgan fingerprint density at radius 2 is 2.25 bits per heavy atom. The highest BCUT2D eigenvalue weighted by Gasteiger charge is 2.22. The SMILES string of the molecule is Cn1ncc(Br)c1CC(=O)NS(=O)(=O)c1cnc(Cl)s1. The summed E-state index contributed by atoms with van der Waals surface area (Å²) in [5.41, 5.74) is 0.569. The van der Waals surface area contributed by atoms with Crippen molar-refractivity contribution in [3.63, 3.8) is 0 Å². The fourth-order valence-corrected chi connectivity index (χ4v) is 4.15. The number of sulfonamides is 1. The van der Waals surface area contributed by atoms with E-state index in [0.717, 1.165) is 17.5 Å². The van der Waals surface area contributed by atoms with Crippen molar-refractivity contribution in [2.75, 3.05) is 0 Å². The molecule has 11 heteroatoms. The molecule has 2 aromatic rings. The molecule has 0 aliphatic rings. The van der Waals surface area contributed by atoms with Gasteiger partial charge in [-0.25, -0.2) is 18.1 Å². The molecule has 0 fully saturated rings. The fourth-order valence-electron chi connectivity index (χ4n) is 1.39. The van der Waals surface area contributed by atoms with Gasteiger partial charge in [-0.3, -0.25) is 9.48 Å². The van der Waals surface area contributed by atoms with Crippen molar-refractivity contribution >= 4 is 54.8 Å². The minimum Gasteiger partial charge on any atom is -0.274 e. The van der Waals surface area contributed by atoms with Crippen LogP contribution in [0.15, 0.2) is 21.1 Å². The third-order valence-electron chi connectivity index (χ3n) is 2.31. The minimum atomic E-state index is -3.94. The van der Waals surface area contributed by atoms with Crippen molar-refractivity contribution in [1.82, 2.24) is 19.5 Å². The van der Waals surface area contributed by atoms with Gasteiger partial charge in [0, 0.05) is 7.05 Å². The van der Waals surface area contributed by atoms with E-state index in [1.807, 2.05) is 4.72 Å². The highest BCUT2D eigenvalue weighted by atomic mass is 79.9. The highest BCUT2D eigenvalue weighted by molar-refractivity contribution is 9.10. The van der Waals surface area contributed by atoms with Crippen LogP contribution in [0, 0.1) is 0 Å². The molecule has 0 aliphatic carbocycles. The van der Waals surface area contributed by atoms with Crippen molar-refractivity contribution < 1.29 is 13.2 Å². The predicted octanol–water partition coefficient (Wildman–Crippen LogP) is 1.34. The lowest BCUT2D eigenvalue weighted by atomic mass is 10.3. The summed E-state index contributed by atoms with van der Waals surface area (Å²) in [5, 5.41) is 3.94. The molecule has 0 saturated carbocycles.